The van der Waals surface area contributed by atoms with Gasteiger partial charge in [-0.3, -0.25) is 28.8 Å². The second kappa shape index (κ2) is 14.0. The van der Waals surface area contributed by atoms with E-state index in [1.807, 2.05) is 29.8 Å². The zero-order valence-corrected chi connectivity index (χ0v) is 28.2. The average molecular weight is 642 g/mol. The van der Waals surface area contributed by atoms with Crippen LogP contribution >= 0.6 is 0 Å². The second-order valence-corrected chi connectivity index (χ2v) is 19.0. The van der Waals surface area contributed by atoms with E-state index >= 15 is 0 Å². The number of aromatic nitrogens is 2. The molecule has 1 unspecified atom stereocenters. The first kappa shape index (κ1) is 33.1. The maximum absolute atomic E-state index is 13.4. The molecule has 1 atom stereocenters. The number of fused-ring (bicyclic) bond motifs is 2. The van der Waals surface area contributed by atoms with Crippen LogP contribution in [0, 0.1) is 18.8 Å². The molecule has 0 spiro atoms. The number of hydrogen-bond donors (Lipinski definition) is 1. The summed E-state index contributed by atoms with van der Waals surface area (Å²) < 4.78 is 7.66. The molecule has 0 saturated carbocycles. The fourth-order valence-corrected chi connectivity index (χ4v) is 6.73. The van der Waals surface area contributed by atoms with Gasteiger partial charge >= 0.3 is 0 Å². The third-order valence-electron chi connectivity index (χ3n) is 8.69. The lowest BCUT2D eigenvalue weighted by Crippen LogP contribution is -2.55. The van der Waals surface area contributed by atoms with Crippen molar-refractivity contribution in [2.24, 2.45) is 5.73 Å². The van der Waals surface area contributed by atoms with Gasteiger partial charge in [-0.1, -0.05) is 50.0 Å². The average Bonchev–Trinajstić information content (AvgIpc) is 3.51. The number of carbonyl (C=O) groups is 4. The summed E-state index contributed by atoms with van der Waals surface area (Å²) in [5.74, 6) is 5.25. The van der Waals surface area contributed by atoms with E-state index in [0.717, 1.165) is 59.6 Å². The Balaban J connectivity index is 1.15. The molecule has 10 nitrogen and oxygen atoms in total. The predicted octanol–water partition coefficient (Wildman–Crippen LogP) is 4.84. The molecule has 2 aromatic carbocycles. The van der Waals surface area contributed by atoms with Crippen molar-refractivity contribution in [3.8, 4) is 11.8 Å². The Morgan fingerprint density at radius 2 is 1.91 bits per heavy atom. The van der Waals surface area contributed by atoms with Gasteiger partial charge in [0.05, 0.1) is 11.2 Å². The lowest BCUT2D eigenvalue weighted by atomic mass is 10.0. The van der Waals surface area contributed by atoms with Crippen molar-refractivity contribution in [1.29, 1.82) is 0 Å². The number of benzene rings is 2. The number of nitrogens with zero attached hydrogens (tertiary/aromatic N) is 4. The number of primary amides is 1. The molecule has 242 valence electrons. The standard InChI is InChI=1S/C35H43N5O5Si/c1-24-27-15-14-26(33(36)42)21-31(27)40(37-24)18-9-7-5-6-8-11-25-12-10-13-28-29(25)22-38(34(28)43)30-16-17-32(41)39(35(30)44)23-45-19-20-46(2,3)4/h10,12-15,21,30H,5-7,9,16-20,22-23H2,1-4H3,(H2,36,42). The summed E-state index contributed by atoms with van der Waals surface area (Å²) in [4.78, 5) is 53.8. The second-order valence-electron chi connectivity index (χ2n) is 13.3. The molecular weight excluding hydrogens is 599 g/mol. The van der Waals surface area contributed by atoms with E-state index in [0.29, 0.717) is 37.1 Å². The predicted molar refractivity (Wildman–Crippen MR) is 178 cm³/mol. The van der Waals surface area contributed by atoms with Crippen LogP contribution < -0.4 is 5.73 Å². The monoisotopic (exact) mass is 641 g/mol. The van der Waals surface area contributed by atoms with E-state index in [4.69, 9.17) is 10.5 Å². The molecule has 0 radical (unpaired) electrons. The number of carbonyl (C=O) groups excluding carboxylic acids is 4. The summed E-state index contributed by atoms with van der Waals surface area (Å²) in [6.45, 7) is 10.2. The minimum atomic E-state index is -1.30. The Hall–Kier alpha value is -4.27. The number of aryl methyl sites for hydroxylation is 2. The fraction of sp³-hybridized carbons (Fsp3) is 0.457. The van der Waals surface area contributed by atoms with Crippen molar-refractivity contribution in [2.45, 2.75) is 90.3 Å². The largest absolute Gasteiger partial charge is 0.366 e. The molecule has 1 fully saturated rings. The van der Waals surface area contributed by atoms with Crippen molar-refractivity contribution in [1.82, 2.24) is 19.6 Å². The van der Waals surface area contributed by atoms with Crippen LogP contribution in [0.2, 0.25) is 25.7 Å². The molecular formula is C35H43N5O5Si. The fourth-order valence-electron chi connectivity index (χ4n) is 5.98. The van der Waals surface area contributed by atoms with E-state index in [9.17, 15) is 19.2 Å². The van der Waals surface area contributed by atoms with E-state index in [2.05, 4.69) is 36.6 Å². The Morgan fingerprint density at radius 1 is 1.11 bits per heavy atom. The van der Waals surface area contributed by atoms with Crippen molar-refractivity contribution in [3.63, 3.8) is 0 Å². The highest BCUT2D eigenvalue weighted by molar-refractivity contribution is 6.76. The zero-order valence-electron chi connectivity index (χ0n) is 27.2. The highest BCUT2D eigenvalue weighted by Gasteiger charge is 2.43. The number of unbranched alkanes of at least 4 members (excludes halogenated alkanes) is 3. The van der Waals surface area contributed by atoms with Crippen LogP contribution in [0.3, 0.4) is 0 Å². The molecule has 3 heterocycles. The summed E-state index contributed by atoms with van der Waals surface area (Å²) in [5.41, 5.74) is 9.96. The third kappa shape index (κ3) is 7.40. The van der Waals surface area contributed by atoms with E-state index in [-0.39, 0.29) is 30.9 Å². The molecule has 2 aliphatic rings. The molecule has 3 aromatic rings. The number of imide groups is 1. The Kier molecular flexibility index (Phi) is 10.1. The number of nitrogens with two attached hydrogens (primary N) is 1. The van der Waals surface area contributed by atoms with Crippen LogP contribution in [0.4, 0.5) is 0 Å². The summed E-state index contributed by atoms with van der Waals surface area (Å²) in [6, 6.07) is 11.2. The van der Waals surface area contributed by atoms with E-state index in [1.54, 1.807) is 23.1 Å². The number of likely N-dealkylation sites (tertiary alicyclic amines) is 1. The molecule has 46 heavy (non-hydrogen) atoms. The Bertz CT molecular complexity index is 1730. The van der Waals surface area contributed by atoms with Crippen LogP contribution in [-0.2, 0) is 27.4 Å². The molecule has 0 bridgehead atoms. The van der Waals surface area contributed by atoms with Gasteiger partial charge < -0.3 is 15.4 Å². The molecule has 2 N–H and O–H groups in total. The van der Waals surface area contributed by atoms with Crippen LogP contribution in [0.1, 0.15) is 76.1 Å². The normalized spacial score (nSPS) is 16.6. The lowest BCUT2D eigenvalue weighted by molar-refractivity contribution is -0.158. The molecule has 1 saturated heterocycles. The van der Waals surface area contributed by atoms with Crippen LogP contribution in [0.25, 0.3) is 10.9 Å². The van der Waals surface area contributed by atoms with Crippen molar-refractivity contribution in [2.75, 3.05) is 13.3 Å². The number of ether oxygens (including phenoxy) is 1. The van der Waals surface area contributed by atoms with Crippen LogP contribution in [0.5, 0.6) is 0 Å². The lowest BCUT2D eigenvalue weighted by Gasteiger charge is -2.35. The molecule has 0 aliphatic carbocycles. The van der Waals surface area contributed by atoms with Crippen molar-refractivity contribution in [3.05, 3.63) is 64.3 Å². The maximum atomic E-state index is 13.4. The maximum Gasteiger partial charge on any atom is 0.255 e. The number of piperidine rings is 1. The number of amides is 4. The summed E-state index contributed by atoms with van der Waals surface area (Å²) >= 11 is 0. The minimum Gasteiger partial charge on any atom is -0.366 e. The van der Waals surface area contributed by atoms with Crippen LogP contribution in [0.15, 0.2) is 36.4 Å². The third-order valence-corrected chi connectivity index (χ3v) is 10.4. The Morgan fingerprint density at radius 3 is 2.67 bits per heavy atom. The van der Waals surface area contributed by atoms with Gasteiger partial charge in [0.1, 0.15) is 12.8 Å². The minimum absolute atomic E-state index is 0.0707. The quantitative estimate of drug-likeness (QED) is 0.131. The van der Waals surface area contributed by atoms with Gasteiger partial charge in [-0.25, -0.2) is 0 Å². The number of hydrogen-bond acceptors (Lipinski definition) is 6. The van der Waals surface area contributed by atoms with Gasteiger partial charge in [-0.15, -0.1) is 0 Å². The van der Waals surface area contributed by atoms with Crippen molar-refractivity contribution < 1.29 is 23.9 Å². The highest BCUT2D eigenvalue weighted by Crippen LogP contribution is 2.31. The first-order chi connectivity index (χ1) is 21.9. The molecule has 2 aliphatic heterocycles. The Labute approximate surface area is 271 Å². The number of rotatable bonds is 12. The molecule has 5 rings (SSSR count). The summed E-state index contributed by atoms with van der Waals surface area (Å²) in [7, 11) is -1.30. The molecule has 4 amide bonds. The SMILES string of the molecule is Cc1nn(CCCCCC#Cc2cccc3c2CN(C2CCC(=O)N(COCC[Si](C)(C)C)C2=O)C3=O)c2cc(C(N)=O)ccc12. The van der Waals surface area contributed by atoms with Crippen molar-refractivity contribution >= 4 is 42.6 Å². The van der Waals surface area contributed by atoms with Gasteiger partial charge in [0, 0.05) is 62.7 Å². The zero-order chi connectivity index (χ0) is 33.0. The first-order valence-electron chi connectivity index (χ1n) is 16.1. The van der Waals surface area contributed by atoms with Gasteiger partial charge in [-0.05, 0) is 62.1 Å². The van der Waals surface area contributed by atoms with Gasteiger partial charge in [0.15, 0.2) is 0 Å². The molecule has 1 aromatic heterocycles. The van der Waals surface area contributed by atoms with Gasteiger partial charge in [0.25, 0.3) is 11.8 Å². The summed E-state index contributed by atoms with van der Waals surface area (Å²) in [5, 5.41) is 5.66. The highest BCUT2D eigenvalue weighted by atomic mass is 28.3. The molecule has 11 heteroatoms. The van der Waals surface area contributed by atoms with Crippen LogP contribution in [-0.4, -0.2) is 70.7 Å². The smallest absolute Gasteiger partial charge is 0.255 e. The first-order valence-corrected chi connectivity index (χ1v) is 19.8. The topological polar surface area (TPSA) is 128 Å². The summed E-state index contributed by atoms with van der Waals surface area (Å²) in [6.07, 6.45) is 4.02. The van der Waals surface area contributed by atoms with E-state index in [1.165, 1.54) is 4.90 Å². The van der Waals surface area contributed by atoms with Gasteiger partial charge in [0.2, 0.25) is 11.8 Å². The van der Waals surface area contributed by atoms with Gasteiger partial charge in [-0.2, -0.15) is 5.10 Å². The van der Waals surface area contributed by atoms with E-state index < -0.39 is 20.0 Å².